The highest BCUT2D eigenvalue weighted by molar-refractivity contribution is 7.10. The third-order valence-electron chi connectivity index (χ3n) is 4.25. The molecular formula is C17H22N2S. The van der Waals surface area contributed by atoms with Gasteiger partial charge in [-0.05, 0) is 54.4 Å². The van der Waals surface area contributed by atoms with Crippen LogP contribution < -0.4 is 5.73 Å². The van der Waals surface area contributed by atoms with Gasteiger partial charge in [0.2, 0.25) is 0 Å². The molecule has 0 spiro atoms. The maximum Gasteiger partial charge on any atom is 0.0569 e. The summed E-state index contributed by atoms with van der Waals surface area (Å²) in [4.78, 5) is 4.00. The number of thiophene rings is 1. The maximum atomic E-state index is 6.10. The average Bonchev–Trinajstić information content (AvgIpc) is 2.76. The molecule has 1 atom stereocenters. The van der Waals surface area contributed by atoms with Crippen LogP contribution in [0.3, 0.4) is 0 Å². The van der Waals surface area contributed by atoms with Gasteiger partial charge in [-0.25, -0.2) is 0 Å². The van der Waals surface area contributed by atoms with Crippen molar-refractivity contribution >= 4 is 11.3 Å². The summed E-state index contributed by atoms with van der Waals surface area (Å²) in [5.74, 6) is 0. The quantitative estimate of drug-likeness (QED) is 0.935. The SMILES string of the molecule is Cc1ccsc1C(CN)N1CCCc2ccccc2C1. The molecule has 106 valence electrons. The fourth-order valence-electron chi connectivity index (χ4n) is 3.14. The highest BCUT2D eigenvalue weighted by atomic mass is 32.1. The van der Waals surface area contributed by atoms with Crippen molar-refractivity contribution in [3.8, 4) is 0 Å². The van der Waals surface area contributed by atoms with E-state index in [-0.39, 0.29) is 0 Å². The van der Waals surface area contributed by atoms with Gasteiger partial charge in [0, 0.05) is 18.0 Å². The molecule has 3 rings (SSSR count). The van der Waals surface area contributed by atoms with E-state index in [1.807, 2.05) is 11.3 Å². The van der Waals surface area contributed by atoms with Crippen LogP contribution in [-0.2, 0) is 13.0 Å². The predicted octanol–water partition coefficient (Wildman–Crippen LogP) is 3.50. The van der Waals surface area contributed by atoms with Gasteiger partial charge in [-0.3, -0.25) is 4.90 Å². The fourth-order valence-corrected chi connectivity index (χ4v) is 4.21. The van der Waals surface area contributed by atoms with Gasteiger partial charge in [-0.2, -0.15) is 0 Å². The Morgan fingerprint density at radius 3 is 2.75 bits per heavy atom. The van der Waals surface area contributed by atoms with Crippen LogP contribution in [0, 0.1) is 6.92 Å². The second-order valence-electron chi connectivity index (χ2n) is 5.56. The average molecular weight is 286 g/mol. The lowest BCUT2D eigenvalue weighted by atomic mass is 10.0. The van der Waals surface area contributed by atoms with Crippen molar-refractivity contribution in [1.29, 1.82) is 0 Å². The molecule has 0 radical (unpaired) electrons. The first-order chi connectivity index (χ1) is 9.79. The van der Waals surface area contributed by atoms with Gasteiger partial charge >= 0.3 is 0 Å². The van der Waals surface area contributed by atoms with Crippen LogP contribution in [0.4, 0.5) is 0 Å². The molecule has 3 heteroatoms. The largest absolute Gasteiger partial charge is 0.329 e. The van der Waals surface area contributed by atoms with E-state index in [4.69, 9.17) is 5.73 Å². The van der Waals surface area contributed by atoms with E-state index in [9.17, 15) is 0 Å². The summed E-state index contributed by atoms with van der Waals surface area (Å²) >= 11 is 1.84. The number of fused-ring (bicyclic) bond motifs is 1. The molecule has 0 bridgehead atoms. The van der Waals surface area contributed by atoms with Crippen LogP contribution in [0.5, 0.6) is 0 Å². The molecular weight excluding hydrogens is 264 g/mol. The lowest BCUT2D eigenvalue weighted by molar-refractivity contribution is 0.198. The van der Waals surface area contributed by atoms with Crippen LogP contribution in [0.2, 0.25) is 0 Å². The Hall–Kier alpha value is -1.16. The third kappa shape index (κ3) is 2.66. The minimum absolute atomic E-state index is 0.362. The topological polar surface area (TPSA) is 29.3 Å². The van der Waals surface area contributed by atoms with Gasteiger partial charge in [0.1, 0.15) is 0 Å². The van der Waals surface area contributed by atoms with Gasteiger partial charge in [0.15, 0.2) is 0 Å². The normalized spacial score (nSPS) is 17.5. The van der Waals surface area contributed by atoms with Crippen molar-refractivity contribution in [2.45, 2.75) is 32.4 Å². The second kappa shape index (κ2) is 6.08. The van der Waals surface area contributed by atoms with E-state index in [1.165, 1.54) is 34.4 Å². The molecule has 0 fully saturated rings. The molecule has 0 saturated heterocycles. The monoisotopic (exact) mass is 286 g/mol. The van der Waals surface area contributed by atoms with Crippen molar-refractivity contribution in [2.24, 2.45) is 5.73 Å². The minimum atomic E-state index is 0.362. The molecule has 1 aromatic carbocycles. The lowest BCUT2D eigenvalue weighted by Crippen LogP contribution is -2.33. The number of nitrogens with zero attached hydrogens (tertiary/aromatic N) is 1. The van der Waals surface area contributed by atoms with E-state index in [2.05, 4.69) is 47.5 Å². The summed E-state index contributed by atoms with van der Waals surface area (Å²) in [6, 6.07) is 11.4. The van der Waals surface area contributed by atoms with Crippen LogP contribution in [-0.4, -0.2) is 18.0 Å². The van der Waals surface area contributed by atoms with Crippen molar-refractivity contribution in [3.63, 3.8) is 0 Å². The number of nitrogens with two attached hydrogens (primary N) is 1. The first kappa shape index (κ1) is 13.8. The number of aryl methyl sites for hydroxylation is 2. The summed E-state index contributed by atoms with van der Waals surface area (Å²) in [6.45, 7) is 5.05. The van der Waals surface area contributed by atoms with Crippen molar-refractivity contribution in [3.05, 3.63) is 57.3 Å². The summed E-state index contributed by atoms with van der Waals surface area (Å²) in [5.41, 5.74) is 10.5. The van der Waals surface area contributed by atoms with E-state index < -0.39 is 0 Å². The molecule has 1 aliphatic heterocycles. The Morgan fingerprint density at radius 1 is 1.25 bits per heavy atom. The van der Waals surface area contributed by atoms with E-state index in [0.717, 1.165) is 13.1 Å². The predicted molar refractivity (Wildman–Crippen MR) is 86.0 cm³/mol. The first-order valence-electron chi connectivity index (χ1n) is 7.34. The van der Waals surface area contributed by atoms with Gasteiger partial charge in [-0.1, -0.05) is 24.3 Å². The Balaban J connectivity index is 1.88. The highest BCUT2D eigenvalue weighted by Crippen LogP contribution is 2.31. The highest BCUT2D eigenvalue weighted by Gasteiger charge is 2.24. The molecule has 2 heterocycles. The number of benzene rings is 1. The number of rotatable bonds is 3. The van der Waals surface area contributed by atoms with Crippen LogP contribution in [0.15, 0.2) is 35.7 Å². The van der Waals surface area contributed by atoms with Gasteiger partial charge in [0.05, 0.1) is 6.04 Å². The molecule has 2 aromatic rings. The third-order valence-corrected chi connectivity index (χ3v) is 5.37. The fraction of sp³-hybridized carbons (Fsp3) is 0.412. The standard InChI is InChI=1S/C17H22N2S/c1-13-8-10-20-17(13)16(11-18)19-9-4-7-14-5-2-3-6-15(14)12-19/h2-3,5-6,8,10,16H,4,7,9,11-12,18H2,1H3. The van der Waals surface area contributed by atoms with Gasteiger partial charge in [0.25, 0.3) is 0 Å². The molecule has 2 N–H and O–H groups in total. The summed E-state index contributed by atoms with van der Waals surface area (Å²) in [6.07, 6.45) is 2.41. The molecule has 0 amide bonds. The minimum Gasteiger partial charge on any atom is -0.329 e. The molecule has 1 unspecified atom stereocenters. The lowest BCUT2D eigenvalue weighted by Gasteiger charge is -2.30. The van der Waals surface area contributed by atoms with Crippen LogP contribution in [0.25, 0.3) is 0 Å². The Kier molecular flexibility index (Phi) is 4.20. The van der Waals surface area contributed by atoms with Crippen molar-refractivity contribution < 1.29 is 0 Å². The Bertz CT molecular complexity index is 576. The summed E-state index contributed by atoms with van der Waals surface area (Å²) in [7, 11) is 0. The van der Waals surface area contributed by atoms with Gasteiger partial charge < -0.3 is 5.73 Å². The van der Waals surface area contributed by atoms with Crippen LogP contribution >= 0.6 is 11.3 Å². The van der Waals surface area contributed by atoms with Gasteiger partial charge in [-0.15, -0.1) is 11.3 Å². The van der Waals surface area contributed by atoms with E-state index in [0.29, 0.717) is 12.6 Å². The zero-order valence-corrected chi connectivity index (χ0v) is 12.8. The zero-order chi connectivity index (χ0) is 13.9. The Morgan fingerprint density at radius 2 is 2.05 bits per heavy atom. The van der Waals surface area contributed by atoms with Crippen LogP contribution in [0.1, 0.15) is 34.0 Å². The molecule has 0 aliphatic carbocycles. The van der Waals surface area contributed by atoms with Crippen molar-refractivity contribution in [2.75, 3.05) is 13.1 Å². The second-order valence-corrected chi connectivity index (χ2v) is 6.51. The summed E-state index contributed by atoms with van der Waals surface area (Å²) in [5, 5.41) is 2.18. The number of hydrogen-bond acceptors (Lipinski definition) is 3. The van der Waals surface area contributed by atoms with E-state index in [1.54, 1.807) is 0 Å². The Labute approximate surface area is 125 Å². The summed E-state index contributed by atoms with van der Waals surface area (Å²) < 4.78 is 0. The molecule has 2 nitrogen and oxygen atoms in total. The molecule has 20 heavy (non-hydrogen) atoms. The zero-order valence-electron chi connectivity index (χ0n) is 12.0. The first-order valence-corrected chi connectivity index (χ1v) is 8.22. The molecule has 0 saturated carbocycles. The smallest absolute Gasteiger partial charge is 0.0569 e. The molecule has 1 aromatic heterocycles. The van der Waals surface area contributed by atoms with E-state index >= 15 is 0 Å². The van der Waals surface area contributed by atoms with Crippen molar-refractivity contribution in [1.82, 2.24) is 4.90 Å². The molecule has 1 aliphatic rings. The maximum absolute atomic E-state index is 6.10. The number of hydrogen-bond donors (Lipinski definition) is 1.